The van der Waals surface area contributed by atoms with Gasteiger partial charge < -0.3 is 9.13 Å². The third kappa shape index (κ3) is 2.89. The first-order chi connectivity index (χ1) is 18.7. The molecule has 0 saturated carbocycles. The average Bonchev–Trinajstić information content (AvgIpc) is 3.49. The summed E-state index contributed by atoms with van der Waals surface area (Å²) >= 11 is 0. The standard InChI is InChI=1S/C33H17N5/c1-35-22-8-7-9-24(18-22)37-29-13-6-4-11-26(29)32-31(37)16-14-21(20-34)33(32)38-28-12-5-3-10-25(28)27-19-23(36-2)15-17-30(27)38/h3-19H. The van der Waals surface area contributed by atoms with Gasteiger partial charge in [-0.2, -0.15) is 5.26 Å². The summed E-state index contributed by atoms with van der Waals surface area (Å²) in [5.41, 5.74) is 7.27. The topological polar surface area (TPSA) is 42.4 Å². The first-order valence-electron chi connectivity index (χ1n) is 12.1. The Morgan fingerprint density at radius 2 is 1.24 bits per heavy atom. The minimum absolute atomic E-state index is 0.562. The molecule has 0 radical (unpaired) electrons. The van der Waals surface area contributed by atoms with Gasteiger partial charge in [-0.3, -0.25) is 0 Å². The molecule has 2 heterocycles. The minimum Gasteiger partial charge on any atom is -0.310 e. The molecule has 0 N–H and O–H groups in total. The highest BCUT2D eigenvalue weighted by Crippen LogP contribution is 2.42. The molecule has 174 valence electrons. The molecular weight excluding hydrogens is 466 g/mol. The van der Waals surface area contributed by atoms with Gasteiger partial charge in [0.15, 0.2) is 11.4 Å². The van der Waals surface area contributed by atoms with Crippen LogP contribution in [0.2, 0.25) is 0 Å². The van der Waals surface area contributed by atoms with Crippen molar-refractivity contribution < 1.29 is 0 Å². The Hall–Kier alpha value is -5.83. The highest BCUT2D eigenvalue weighted by Gasteiger charge is 2.22. The molecule has 0 bridgehead atoms. The van der Waals surface area contributed by atoms with Crippen molar-refractivity contribution in [1.29, 1.82) is 5.26 Å². The molecule has 0 aliphatic heterocycles. The zero-order valence-electron chi connectivity index (χ0n) is 20.1. The summed E-state index contributed by atoms with van der Waals surface area (Å²) in [5.74, 6) is 0. The molecule has 0 saturated heterocycles. The van der Waals surface area contributed by atoms with Gasteiger partial charge in [0, 0.05) is 21.8 Å². The van der Waals surface area contributed by atoms with Crippen LogP contribution in [0.3, 0.4) is 0 Å². The maximum atomic E-state index is 10.3. The first kappa shape index (κ1) is 21.5. The second-order valence-electron chi connectivity index (χ2n) is 9.12. The number of nitrogens with zero attached hydrogens (tertiary/aromatic N) is 5. The first-order valence-corrected chi connectivity index (χ1v) is 12.1. The number of benzene rings is 5. The minimum atomic E-state index is 0.562. The van der Waals surface area contributed by atoms with E-state index < -0.39 is 0 Å². The van der Waals surface area contributed by atoms with Crippen LogP contribution in [0, 0.1) is 24.5 Å². The molecule has 38 heavy (non-hydrogen) atoms. The highest BCUT2D eigenvalue weighted by molar-refractivity contribution is 6.17. The second kappa shape index (κ2) is 8.10. The monoisotopic (exact) mass is 483 g/mol. The summed E-state index contributed by atoms with van der Waals surface area (Å²) in [6.45, 7) is 15.0. The third-order valence-corrected chi connectivity index (χ3v) is 7.16. The van der Waals surface area contributed by atoms with Gasteiger partial charge in [-0.1, -0.05) is 54.6 Å². The lowest BCUT2D eigenvalue weighted by molar-refractivity contribution is 1.16. The Morgan fingerprint density at radius 1 is 0.579 bits per heavy atom. The Morgan fingerprint density at radius 3 is 2.00 bits per heavy atom. The van der Waals surface area contributed by atoms with Gasteiger partial charge in [-0.15, -0.1) is 0 Å². The summed E-state index contributed by atoms with van der Waals surface area (Å²) in [4.78, 5) is 7.29. The highest BCUT2D eigenvalue weighted by atomic mass is 15.0. The number of aromatic nitrogens is 2. The molecule has 0 aliphatic carbocycles. The van der Waals surface area contributed by atoms with Gasteiger partial charge in [0.1, 0.15) is 6.07 Å². The van der Waals surface area contributed by atoms with Crippen LogP contribution in [0.1, 0.15) is 5.56 Å². The van der Waals surface area contributed by atoms with E-state index in [0.29, 0.717) is 16.9 Å². The normalized spacial score (nSPS) is 11.1. The predicted molar refractivity (Wildman–Crippen MR) is 152 cm³/mol. The van der Waals surface area contributed by atoms with Crippen molar-refractivity contribution in [3.63, 3.8) is 0 Å². The summed E-state index contributed by atoms with van der Waals surface area (Å²) < 4.78 is 4.32. The van der Waals surface area contributed by atoms with Crippen molar-refractivity contribution in [2.75, 3.05) is 0 Å². The molecule has 7 aromatic rings. The van der Waals surface area contributed by atoms with Crippen LogP contribution in [0.25, 0.3) is 64.7 Å². The zero-order chi connectivity index (χ0) is 25.8. The van der Waals surface area contributed by atoms with Crippen LogP contribution in [0.4, 0.5) is 11.4 Å². The number of hydrogen-bond acceptors (Lipinski definition) is 1. The quantitative estimate of drug-likeness (QED) is 0.226. The lowest BCUT2D eigenvalue weighted by Crippen LogP contribution is -2.00. The van der Waals surface area contributed by atoms with E-state index in [2.05, 4.69) is 49.2 Å². The van der Waals surface area contributed by atoms with Gasteiger partial charge in [0.05, 0.1) is 46.5 Å². The van der Waals surface area contributed by atoms with E-state index >= 15 is 0 Å². The Labute approximate surface area is 218 Å². The molecule has 0 amide bonds. The number of para-hydroxylation sites is 2. The maximum absolute atomic E-state index is 10.3. The van der Waals surface area contributed by atoms with E-state index in [4.69, 9.17) is 13.1 Å². The van der Waals surface area contributed by atoms with E-state index in [1.54, 1.807) is 6.07 Å². The summed E-state index contributed by atoms with van der Waals surface area (Å²) in [7, 11) is 0. The molecule has 0 aliphatic rings. The third-order valence-electron chi connectivity index (χ3n) is 7.16. The van der Waals surface area contributed by atoms with E-state index in [0.717, 1.165) is 55.0 Å². The van der Waals surface area contributed by atoms with E-state index in [1.807, 2.05) is 72.8 Å². The van der Waals surface area contributed by atoms with E-state index in [9.17, 15) is 5.26 Å². The van der Waals surface area contributed by atoms with Crippen molar-refractivity contribution in [3.8, 4) is 17.4 Å². The number of fused-ring (bicyclic) bond motifs is 6. The fourth-order valence-electron chi connectivity index (χ4n) is 5.62. The van der Waals surface area contributed by atoms with Crippen LogP contribution < -0.4 is 0 Å². The van der Waals surface area contributed by atoms with Crippen molar-refractivity contribution in [3.05, 3.63) is 132 Å². The van der Waals surface area contributed by atoms with Gasteiger partial charge in [-0.05, 0) is 53.9 Å². The zero-order valence-corrected chi connectivity index (χ0v) is 20.1. The Bertz CT molecular complexity index is 2230. The van der Waals surface area contributed by atoms with Crippen LogP contribution >= 0.6 is 0 Å². The molecule has 2 aromatic heterocycles. The fourth-order valence-corrected chi connectivity index (χ4v) is 5.62. The summed E-state index contributed by atoms with van der Waals surface area (Å²) in [6.07, 6.45) is 0. The summed E-state index contributed by atoms with van der Waals surface area (Å²) in [5, 5.41) is 14.3. The molecule has 5 heteroatoms. The van der Waals surface area contributed by atoms with Crippen LogP contribution in [-0.4, -0.2) is 9.13 Å². The van der Waals surface area contributed by atoms with E-state index in [1.165, 1.54) is 0 Å². The van der Waals surface area contributed by atoms with Crippen molar-refractivity contribution in [1.82, 2.24) is 9.13 Å². The van der Waals surface area contributed by atoms with Crippen LogP contribution in [0.15, 0.2) is 103 Å². The smallest absolute Gasteiger partial charge is 0.189 e. The van der Waals surface area contributed by atoms with Crippen LogP contribution in [-0.2, 0) is 0 Å². The molecule has 7 rings (SSSR count). The number of hydrogen-bond donors (Lipinski definition) is 0. The van der Waals surface area contributed by atoms with Gasteiger partial charge in [0.25, 0.3) is 0 Å². The number of nitriles is 1. The maximum Gasteiger partial charge on any atom is 0.189 e. The molecule has 5 aromatic carbocycles. The fraction of sp³-hybridized carbons (Fsp3) is 0. The predicted octanol–water partition coefficient (Wildman–Crippen LogP) is 8.85. The van der Waals surface area contributed by atoms with E-state index in [-0.39, 0.29) is 0 Å². The van der Waals surface area contributed by atoms with Gasteiger partial charge in [0.2, 0.25) is 0 Å². The van der Waals surface area contributed by atoms with Crippen LogP contribution in [0.5, 0.6) is 0 Å². The molecule has 0 fully saturated rings. The lowest BCUT2D eigenvalue weighted by atomic mass is 10.1. The van der Waals surface area contributed by atoms with Crippen molar-refractivity contribution in [2.24, 2.45) is 0 Å². The molecule has 0 spiro atoms. The summed E-state index contributed by atoms with van der Waals surface area (Å²) in [6, 6.07) is 35.9. The SMILES string of the molecule is [C-]#[N+]c1cccc(-n2c3ccccc3c3c(-n4c5ccccc5c5cc([N+]#[C-])ccc54)c(C#N)ccc32)c1. The van der Waals surface area contributed by atoms with Gasteiger partial charge >= 0.3 is 0 Å². The average molecular weight is 484 g/mol. The molecule has 0 atom stereocenters. The lowest BCUT2D eigenvalue weighted by Gasteiger charge is -2.13. The van der Waals surface area contributed by atoms with Crippen molar-refractivity contribution in [2.45, 2.75) is 0 Å². The Balaban J connectivity index is 1.71. The van der Waals surface area contributed by atoms with Crippen molar-refractivity contribution >= 4 is 55.0 Å². The molecule has 0 unspecified atom stereocenters. The van der Waals surface area contributed by atoms with Gasteiger partial charge in [-0.25, -0.2) is 9.69 Å². The molecular formula is C33H17N5. The largest absolute Gasteiger partial charge is 0.310 e. The second-order valence-corrected chi connectivity index (χ2v) is 9.12. The Kier molecular flexibility index (Phi) is 4.57. The molecule has 5 nitrogen and oxygen atoms in total. The number of rotatable bonds is 2.